The van der Waals surface area contributed by atoms with Crippen LogP contribution in [0.15, 0.2) is 11.6 Å². The van der Waals surface area contributed by atoms with Crippen LogP contribution >= 0.6 is 0 Å². The van der Waals surface area contributed by atoms with Crippen molar-refractivity contribution < 1.29 is 14.3 Å². The van der Waals surface area contributed by atoms with Crippen molar-refractivity contribution in [2.45, 2.75) is 78.2 Å². The minimum absolute atomic E-state index is 0.110. The van der Waals surface area contributed by atoms with Crippen molar-refractivity contribution in [3.63, 3.8) is 0 Å². The van der Waals surface area contributed by atoms with E-state index in [1.807, 2.05) is 0 Å². The first-order valence-electron chi connectivity index (χ1n) is 10.6. The molecule has 7 atom stereocenters. The average molecular weight is 359 g/mol. The van der Waals surface area contributed by atoms with Crippen molar-refractivity contribution in [1.82, 2.24) is 0 Å². The van der Waals surface area contributed by atoms with E-state index in [-0.39, 0.29) is 16.6 Å². The van der Waals surface area contributed by atoms with Crippen molar-refractivity contribution >= 4 is 12.1 Å². The molecule has 1 heterocycles. The predicted molar refractivity (Wildman–Crippen MR) is 102 cm³/mol. The molecule has 4 aliphatic rings. The maximum atomic E-state index is 12.5. The summed E-state index contributed by atoms with van der Waals surface area (Å²) < 4.78 is 6.02. The van der Waals surface area contributed by atoms with Gasteiger partial charge >= 0.3 is 0 Å². The number of hydrogen-bond donors (Lipinski definition) is 0. The lowest BCUT2D eigenvalue weighted by atomic mass is 9.44. The third-order valence-electron chi connectivity index (χ3n) is 9.13. The van der Waals surface area contributed by atoms with Crippen LogP contribution in [0.2, 0.25) is 0 Å². The van der Waals surface area contributed by atoms with Gasteiger partial charge in [0, 0.05) is 11.8 Å². The number of ketones is 1. The van der Waals surface area contributed by atoms with Crippen LogP contribution in [0, 0.1) is 34.5 Å². The zero-order valence-electron chi connectivity index (χ0n) is 16.8. The molecule has 0 amide bonds. The standard InChI is InChI=1S/C23H34O3/c1-5-18-15(2)13-17-19(21(18,4)9-6-12-24)7-10-22-14-26-23(22,16(3)25)11-8-20(17)22/h5,12,15,17,19-20H,6-11,13-14H2,1-4H3. The van der Waals surface area contributed by atoms with Crippen LogP contribution in [0.5, 0.6) is 0 Å². The number of carbonyl (C=O) groups excluding carboxylic acids is 2. The third kappa shape index (κ3) is 2.04. The Kier molecular flexibility index (Phi) is 4.26. The van der Waals surface area contributed by atoms with Gasteiger partial charge in [0.15, 0.2) is 5.78 Å². The predicted octanol–water partition coefficient (Wildman–Crippen LogP) is 4.74. The first-order chi connectivity index (χ1) is 12.4. The van der Waals surface area contributed by atoms with Gasteiger partial charge in [0.1, 0.15) is 11.9 Å². The summed E-state index contributed by atoms with van der Waals surface area (Å²) >= 11 is 0. The molecule has 0 aromatic rings. The molecule has 0 bridgehead atoms. The fraction of sp³-hybridized carbons (Fsp3) is 0.826. The van der Waals surface area contributed by atoms with E-state index in [0.29, 0.717) is 30.1 Å². The molecule has 3 aliphatic carbocycles. The average Bonchev–Trinajstić information content (AvgIpc) is 2.82. The largest absolute Gasteiger partial charge is 0.366 e. The number of rotatable bonds is 4. The SMILES string of the molecule is CC=C1C(C)CC2C(CCC34COC3(C(C)=O)CCC24)C1(C)CCC=O. The molecule has 3 nitrogen and oxygen atoms in total. The molecule has 26 heavy (non-hydrogen) atoms. The molecule has 3 heteroatoms. The van der Waals surface area contributed by atoms with Crippen LogP contribution < -0.4 is 0 Å². The highest BCUT2D eigenvalue weighted by atomic mass is 16.5. The van der Waals surface area contributed by atoms with Gasteiger partial charge in [-0.05, 0) is 81.5 Å². The maximum Gasteiger partial charge on any atom is 0.162 e. The van der Waals surface area contributed by atoms with E-state index in [0.717, 1.165) is 38.6 Å². The van der Waals surface area contributed by atoms with Gasteiger partial charge in [-0.3, -0.25) is 4.79 Å². The Bertz CT molecular complexity index is 652. The van der Waals surface area contributed by atoms with Crippen LogP contribution in [0.3, 0.4) is 0 Å². The Morgan fingerprint density at radius 1 is 1.27 bits per heavy atom. The smallest absolute Gasteiger partial charge is 0.162 e. The van der Waals surface area contributed by atoms with Gasteiger partial charge in [-0.25, -0.2) is 0 Å². The first kappa shape index (κ1) is 18.4. The van der Waals surface area contributed by atoms with Gasteiger partial charge in [0.2, 0.25) is 0 Å². The Hall–Kier alpha value is -0.960. The number of Topliss-reactive ketones (excluding diaryl/α,β-unsaturated/α-hetero) is 1. The first-order valence-corrected chi connectivity index (χ1v) is 10.6. The lowest BCUT2D eigenvalue weighted by Crippen LogP contribution is -2.69. The van der Waals surface area contributed by atoms with E-state index in [4.69, 9.17) is 4.74 Å². The van der Waals surface area contributed by atoms with E-state index in [9.17, 15) is 9.59 Å². The van der Waals surface area contributed by atoms with Gasteiger partial charge in [-0.2, -0.15) is 0 Å². The minimum atomic E-state index is -0.466. The second-order valence-corrected chi connectivity index (χ2v) is 9.79. The van der Waals surface area contributed by atoms with E-state index >= 15 is 0 Å². The molecule has 0 aromatic heterocycles. The minimum Gasteiger partial charge on any atom is -0.366 e. The molecule has 3 saturated carbocycles. The molecular weight excluding hydrogens is 324 g/mol. The van der Waals surface area contributed by atoms with Crippen LogP contribution in [0.1, 0.15) is 72.6 Å². The molecule has 1 aliphatic heterocycles. The molecule has 0 radical (unpaired) electrons. The summed E-state index contributed by atoms with van der Waals surface area (Å²) in [5.41, 5.74) is 1.34. The zero-order valence-corrected chi connectivity index (χ0v) is 16.8. The number of hydrogen-bond acceptors (Lipinski definition) is 3. The van der Waals surface area contributed by atoms with E-state index < -0.39 is 5.60 Å². The Labute approximate surface area is 157 Å². The Morgan fingerprint density at radius 3 is 2.58 bits per heavy atom. The zero-order chi connectivity index (χ0) is 18.7. The summed E-state index contributed by atoms with van der Waals surface area (Å²) in [6, 6.07) is 0. The van der Waals surface area contributed by atoms with Crippen molar-refractivity contribution in [1.29, 1.82) is 0 Å². The summed E-state index contributed by atoms with van der Waals surface area (Å²) in [4.78, 5) is 23.7. The van der Waals surface area contributed by atoms with Crippen LogP contribution in [-0.2, 0) is 14.3 Å². The normalized spacial score (nSPS) is 51.2. The summed E-state index contributed by atoms with van der Waals surface area (Å²) in [6.45, 7) is 9.49. The van der Waals surface area contributed by atoms with Crippen LogP contribution in [0.25, 0.3) is 0 Å². The number of carbonyl (C=O) groups is 2. The number of aldehydes is 1. The van der Waals surface area contributed by atoms with Crippen LogP contribution in [0.4, 0.5) is 0 Å². The number of fused-ring (bicyclic) bond motifs is 2. The third-order valence-corrected chi connectivity index (χ3v) is 9.13. The molecule has 1 saturated heterocycles. The van der Waals surface area contributed by atoms with Gasteiger partial charge in [0.25, 0.3) is 0 Å². The molecule has 7 unspecified atom stereocenters. The van der Waals surface area contributed by atoms with Crippen molar-refractivity contribution in [3.8, 4) is 0 Å². The van der Waals surface area contributed by atoms with Crippen molar-refractivity contribution in [3.05, 3.63) is 11.6 Å². The van der Waals surface area contributed by atoms with Gasteiger partial charge in [-0.15, -0.1) is 0 Å². The maximum absolute atomic E-state index is 12.5. The Balaban J connectivity index is 1.71. The highest BCUT2D eigenvalue weighted by Crippen LogP contribution is 2.72. The van der Waals surface area contributed by atoms with Gasteiger partial charge in [-0.1, -0.05) is 25.5 Å². The van der Waals surface area contributed by atoms with Crippen LogP contribution in [-0.4, -0.2) is 24.3 Å². The van der Waals surface area contributed by atoms with Crippen molar-refractivity contribution in [2.24, 2.45) is 34.5 Å². The lowest BCUT2D eigenvalue weighted by Gasteiger charge is -2.64. The highest BCUT2D eigenvalue weighted by Gasteiger charge is 2.73. The quantitative estimate of drug-likeness (QED) is 0.538. The molecule has 4 rings (SSSR count). The fourth-order valence-electron chi connectivity index (χ4n) is 8.15. The molecule has 1 spiro atoms. The summed E-state index contributed by atoms with van der Waals surface area (Å²) in [5, 5.41) is 0. The number of ether oxygens (including phenoxy) is 1. The molecule has 0 aromatic carbocycles. The van der Waals surface area contributed by atoms with Gasteiger partial charge < -0.3 is 9.53 Å². The fourth-order valence-corrected chi connectivity index (χ4v) is 8.15. The monoisotopic (exact) mass is 358 g/mol. The second kappa shape index (κ2) is 6.02. The topological polar surface area (TPSA) is 43.4 Å². The molecule has 144 valence electrons. The summed E-state index contributed by atoms with van der Waals surface area (Å²) in [5.74, 6) is 2.76. The van der Waals surface area contributed by atoms with E-state index in [1.165, 1.54) is 12.8 Å². The molecule has 0 N–H and O–H groups in total. The summed E-state index contributed by atoms with van der Waals surface area (Å²) in [6.07, 6.45) is 10.6. The summed E-state index contributed by atoms with van der Waals surface area (Å²) in [7, 11) is 0. The molecular formula is C23H34O3. The highest BCUT2D eigenvalue weighted by molar-refractivity contribution is 5.87. The van der Waals surface area contributed by atoms with Crippen molar-refractivity contribution in [2.75, 3.05) is 6.61 Å². The number of allylic oxidation sites excluding steroid dienone is 2. The lowest BCUT2D eigenvalue weighted by molar-refractivity contribution is -0.273. The second-order valence-electron chi connectivity index (χ2n) is 9.79. The van der Waals surface area contributed by atoms with E-state index in [2.05, 4.69) is 26.8 Å². The molecule has 4 fully saturated rings. The Morgan fingerprint density at radius 2 is 2.00 bits per heavy atom. The van der Waals surface area contributed by atoms with Gasteiger partial charge in [0.05, 0.1) is 6.61 Å². The van der Waals surface area contributed by atoms with E-state index in [1.54, 1.807) is 12.5 Å².